The van der Waals surface area contributed by atoms with Crippen LogP contribution < -0.4 is 9.47 Å². The minimum absolute atomic E-state index is 0.677. The Kier molecular flexibility index (Phi) is 7.63. The standard InChI is InChI=1S/C25H33N3O3/c1-20-17-21(7-5-10-28-12-15-30-16-13-28)22-18-24(29-2)25(19-23(22)26-20)31-14-6-11-27-8-3-4-9-27/h17-19H,3-4,6,8-16H2,1-2H3. The van der Waals surface area contributed by atoms with Crippen LogP contribution in [0.4, 0.5) is 0 Å². The fraction of sp³-hybridized carbons (Fsp3) is 0.560. The van der Waals surface area contributed by atoms with E-state index in [1.807, 2.05) is 25.1 Å². The Morgan fingerprint density at radius 2 is 1.84 bits per heavy atom. The van der Waals surface area contributed by atoms with Gasteiger partial charge in [-0.2, -0.15) is 0 Å². The second kappa shape index (κ2) is 10.8. The van der Waals surface area contributed by atoms with Gasteiger partial charge >= 0.3 is 0 Å². The molecular formula is C25H33N3O3. The Hall–Kier alpha value is -2.33. The van der Waals surface area contributed by atoms with E-state index in [0.717, 1.165) is 79.5 Å². The van der Waals surface area contributed by atoms with Crippen LogP contribution in [0.15, 0.2) is 18.2 Å². The lowest BCUT2D eigenvalue weighted by molar-refractivity contribution is 0.0443. The summed E-state index contributed by atoms with van der Waals surface area (Å²) < 4.78 is 17.1. The highest BCUT2D eigenvalue weighted by Gasteiger charge is 2.13. The highest BCUT2D eigenvalue weighted by molar-refractivity contribution is 5.88. The van der Waals surface area contributed by atoms with E-state index in [0.29, 0.717) is 6.61 Å². The molecule has 2 fully saturated rings. The van der Waals surface area contributed by atoms with E-state index in [9.17, 15) is 0 Å². The monoisotopic (exact) mass is 423 g/mol. The predicted molar refractivity (Wildman–Crippen MR) is 123 cm³/mol. The van der Waals surface area contributed by atoms with Gasteiger partial charge in [0.05, 0.1) is 39.0 Å². The first-order valence-corrected chi connectivity index (χ1v) is 11.4. The van der Waals surface area contributed by atoms with Crippen molar-refractivity contribution in [2.75, 3.05) is 66.2 Å². The van der Waals surface area contributed by atoms with Gasteiger partial charge in [-0.05, 0) is 51.4 Å². The number of benzene rings is 1. The molecule has 0 N–H and O–H groups in total. The first kappa shape index (κ1) is 21.9. The zero-order valence-electron chi connectivity index (χ0n) is 18.8. The van der Waals surface area contributed by atoms with Crippen molar-refractivity contribution in [1.29, 1.82) is 0 Å². The quantitative estimate of drug-likeness (QED) is 0.504. The molecule has 2 aromatic rings. The van der Waals surface area contributed by atoms with Crippen LogP contribution in [-0.2, 0) is 4.74 Å². The van der Waals surface area contributed by atoms with Crippen LogP contribution in [-0.4, -0.2) is 81.0 Å². The molecule has 0 spiro atoms. The van der Waals surface area contributed by atoms with Crippen molar-refractivity contribution < 1.29 is 14.2 Å². The molecule has 2 aliphatic rings. The summed E-state index contributed by atoms with van der Waals surface area (Å²) in [7, 11) is 1.68. The Morgan fingerprint density at radius 3 is 2.61 bits per heavy atom. The second-order valence-corrected chi connectivity index (χ2v) is 8.27. The molecule has 2 saturated heterocycles. The van der Waals surface area contributed by atoms with Crippen molar-refractivity contribution in [1.82, 2.24) is 14.8 Å². The van der Waals surface area contributed by atoms with Crippen LogP contribution in [0.25, 0.3) is 10.9 Å². The van der Waals surface area contributed by atoms with Crippen molar-refractivity contribution in [2.45, 2.75) is 26.2 Å². The summed E-state index contributed by atoms with van der Waals surface area (Å²) in [5.74, 6) is 8.17. The minimum atomic E-state index is 0.677. The molecule has 0 radical (unpaired) electrons. The fourth-order valence-corrected chi connectivity index (χ4v) is 4.22. The number of hydrogen-bond donors (Lipinski definition) is 0. The number of likely N-dealkylation sites (tertiary alicyclic amines) is 1. The Morgan fingerprint density at radius 1 is 1.03 bits per heavy atom. The van der Waals surface area contributed by atoms with E-state index < -0.39 is 0 Å². The molecular weight excluding hydrogens is 390 g/mol. The van der Waals surface area contributed by atoms with E-state index in [2.05, 4.69) is 21.6 Å². The molecule has 3 heterocycles. The average Bonchev–Trinajstić information content (AvgIpc) is 3.30. The topological polar surface area (TPSA) is 47.1 Å². The molecule has 0 atom stereocenters. The largest absolute Gasteiger partial charge is 0.493 e. The highest BCUT2D eigenvalue weighted by Crippen LogP contribution is 2.33. The van der Waals surface area contributed by atoms with Crippen LogP contribution in [0.3, 0.4) is 0 Å². The molecule has 0 bridgehead atoms. The van der Waals surface area contributed by atoms with Crippen LogP contribution in [0, 0.1) is 18.8 Å². The Balaban J connectivity index is 1.48. The summed E-state index contributed by atoms with van der Waals surface area (Å²) in [6, 6.07) is 6.05. The van der Waals surface area contributed by atoms with Gasteiger partial charge in [-0.3, -0.25) is 9.88 Å². The zero-order valence-corrected chi connectivity index (χ0v) is 18.8. The van der Waals surface area contributed by atoms with Gasteiger partial charge in [0.2, 0.25) is 0 Å². The molecule has 6 heteroatoms. The van der Waals surface area contributed by atoms with Gasteiger partial charge in [0, 0.05) is 42.3 Å². The highest BCUT2D eigenvalue weighted by atomic mass is 16.5. The summed E-state index contributed by atoms with van der Waals surface area (Å²) in [5.41, 5.74) is 2.83. The number of aryl methyl sites for hydroxylation is 1. The van der Waals surface area contributed by atoms with Crippen molar-refractivity contribution in [3.8, 4) is 23.3 Å². The third-order valence-corrected chi connectivity index (χ3v) is 5.93. The number of aromatic nitrogens is 1. The van der Waals surface area contributed by atoms with Gasteiger partial charge in [-0.25, -0.2) is 0 Å². The number of pyridine rings is 1. The zero-order chi connectivity index (χ0) is 21.5. The minimum Gasteiger partial charge on any atom is -0.493 e. The second-order valence-electron chi connectivity index (χ2n) is 8.27. The maximum absolute atomic E-state index is 6.09. The lowest BCUT2D eigenvalue weighted by Crippen LogP contribution is -2.36. The molecule has 1 aromatic carbocycles. The first-order chi connectivity index (χ1) is 15.2. The molecule has 4 rings (SSSR count). The third-order valence-electron chi connectivity index (χ3n) is 5.93. The van der Waals surface area contributed by atoms with Crippen molar-refractivity contribution in [3.05, 3.63) is 29.5 Å². The van der Waals surface area contributed by atoms with E-state index in [1.54, 1.807) is 7.11 Å². The normalized spacial score (nSPS) is 17.5. The van der Waals surface area contributed by atoms with Gasteiger partial charge in [0.15, 0.2) is 11.5 Å². The van der Waals surface area contributed by atoms with Crippen molar-refractivity contribution in [3.63, 3.8) is 0 Å². The smallest absolute Gasteiger partial charge is 0.163 e. The van der Waals surface area contributed by atoms with Gasteiger partial charge in [0.25, 0.3) is 0 Å². The van der Waals surface area contributed by atoms with Crippen LogP contribution >= 0.6 is 0 Å². The number of fused-ring (bicyclic) bond motifs is 1. The lowest BCUT2D eigenvalue weighted by Gasteiger charge is -2.24. The Bertz CT molecular complexity index is 938. The van der Waals surface area contributed by atoms with E-state index in [-0.39, 0.29) is 0 Å². The molecule has 0 aliphatic carbocycles. The summed E-state index contributed by atoms with van der Waals surface area (Å²) in [6.07, 6.45) is 3.66. The summed E-state index contributed by atoms with van der Waals surface area (Å²) in [6.45, 7) is 10.4. The number of ether oxygens (including phenoxy) is 3. The van der Waals surface area contributed by atoms with Crippen LogP contribution in [0.5, 0.6) is 11.5 Å². The number of hydrogen-bond acceptors (Lipinski definition) is 6. The van der Waals surface area contributed by atoms with Gasteiger partial charge in [0.1, 0.15) is 0 Å². The van der Waals surface area contributed by atoms with E-state index in [1.165, 1.54) is 25.9 Å². The lowest BCUT2D eigenvalue weighted by atomic mass is 10.1. The number of rotatable bonds is 7. The maximum Gasteiger partial charge on any atom is 0.163 e. The van der Waals surface area contributed by atoms with Crippen LogP contribution in [0.1, 0.15) is 30.5 Å². The third kappa shape index (κ3) is 5.88. The molecule has 166 valence electrons. The van der Waals surface area contributed by atoms with E-state index in [4.69, 9.17) is 19.2 Å². The summed E-state index contributed by atoms with van der Waals surface area (Å²) in [4.78, 5) is 9.55. The molecule has 0 saturated carbocycles. The molecule has 2 aliphatic heterocycles. The summed E-state index contributed by atoms with van der Waals surface area (Å²) in [5, 5.41) is 1.00. The number of nitrogens with zero attached hydrogens (tertiary/aromatic N) is 3. The molecule has 0 amide bonds. The Labute approximate surface area is 185 Å². The van der Waals surface area contributed by atoms with E-state index >= 15 is 0 Å². The number of methoxy groups -OCH3 is 1. The molecule has 31 heavy (non-hydrogen) atoms. The summed E-state index contributed by atoms with van der Waals surface area (Å²) >= 11 is 0. The maximum atomic E-state index is 6.09. The van der Waals surface area contributed by atoms with Gasteiger partial charge in [-0.1, -0.05) is 11.8 Å². The predicted octanol–water partition coefficient (Wildman–Crippen LogP) is 3.10. The van der Waals surface area contributed by atoms with Crippen molar-refractivity contribution >= 4 is 10.9 Å². The van der Waals surface area contributed by atoms with Gasteiger partial charge < -0.3 is 19.1 Å². The number of morpholine rings is 1. The first-order valence-electron chi connectivity index (χ1n) is 11.4. The average molecular weight is 424 g/mol. The molecule has 0 unspecified atom stereocenters. The fourth-order valence-electron chi connectivity index (χ4n) is 4.22. The molecule has 1 aromatic heterocycles. The SMILES string of the molecule is COc1cc2c(C#CCN3CCOCC3)cc(C)nc2cc1OCCCN1CCCC1. The van der Waals surface area contributed by atoms with Crippen LogP contribution in [0.2, 0.25) is 0 Å². The van der Waals surface area contributed by atoms with Crippen molar-refractivity contribution in [2.24, 2.45) is 0 Å². The molecule has 6 nitrogen and oxygen atoms in total. The van der Waals surface area contributed by atoms with Gasteiger partial charge in [-0.15, -0.1) is 0 Å².